The van der Waals surface area contributed by atoms with Crippen LogP contribution in [0.15, 0.2) is 66.2 Å². The third kappa shape index (κ3) is 5.42. The van der Waals surface area contributed by atoms with Gasteiger partial charge in [-0.15, -0.1) is 0 Å². The summed E-state index contributed by atoms with van der Waals surface area (Å²) in [5, 5.41) is 2.23. The van der Waals surface area contributed by atoms with Crippen molar-refractivity contribution in [3.8, 4) is 35.2 Å². The summed E-state index contributed by atoms with van der Waals surface area (Å²) in [7, 11) is 3.06. The molecule has 1 aliphatic rings. The Labute approximate surface area is 200 Å². The Balaban J connectivity index is 1.75. The van der Waals surface area contributed by atoms with Crippen LogP contribution in [0.3, 0.4) is 0 Å². The lowest BCUT2D eigenvalue weighted by Crippen LogP contribution is -2.19. The molecule has 0 heterocycles. The Morgan fingerprint density at radius 2 is 1.74 bits per heavy atom. The van der Waals surface area contributed by atoms with Gasteiger partial charge in [-0.25, -0.2) is 4.79 Å². The van der Waals surface area contributed by atoms with E-state index in [1.807, 2.05) is 30.3 Å². The second-order valence-corrected chi connectivity index (χ2v) is 7.85. The van der Waals surface area contributed by atoms with Crippen molar-refractivity contribution in [1.29, 1.82) is 0 Å². The zero-order valence-electron chi connectivity index (χ0n) is 19.4. The molecule has 34 heavy (non-hydrogen) atoms. The number of hydrogen-bond acceptors (Lipinski definition) is 4. The van der Waals surface area contributed by atoms with Crippen molar-refractivity contribution in [3.63, 3.8) is 0 Å². The van der Waals surface area contributed by atoms with E-state index in [-0.39, 0.29) is 5.56 Å². The van der Waals surface area contributed by atoms with Gasteiger partial charge in [0.15, 0.2) is 6.10 Å². The number of hydrogen-bond donors (Lipinski definition) is 0. The molecule has 0 aliphatic heterocycles. The summed E-state index contributed by atoms with van der Waals surface area (Å²) in [4.78, 5) is 13.2. The summed E-state index contributed by atoms with van der Waals surface area (Å²) in [5.74, 6) is 13.2. The first-order valence-corrected chi connectivity index (χ1v) is 11.3. The molecule has 0 spiro atoms. The Morgan fingerprint density at radius 3 is 2.56 bits per heavy atom. The lowest BCUT2D eigenvalue weighted by molar-refractivity contribution is 0.0463. The van der Waals surface area contributed by atoms with Crippen molar-refractivity contribution in [3.05, 3.63) is 77.4 Å². The summed E-state index contributed by atoms with van der Waals surface area (Å²) < 4.78 is 16.6. The zero-order valence-corrected chi connectivity index (χ0v) is 19.4. The molecule has 3 aromatic carbocycles. The van der Waals surface area contributed by atoms with Gasteiger partial charge < -0.3 is 14.2 Å². The van der Waals surface area contributed by atoms with Gasteiger partial charge in [-0.3, -0.25) is 0 Å². The molecule has 0 bridgehead atoms. The lowest BCUT2D eigenvalue weighted by Gasteiger charge is -2.16. The molecule has 1 unspecified atom stereocenters. The molecule has 0 saturated heterocycles. The highest BCUT2D eigenvalue weighted by molar-refractivity contribution is 5.94. The highest BCUT2D eigenvalue weighted by Gasteiger charge is 2.22. The van der Waals surface area contributed by atoms with Gasteiger partial charge in [0.1, 0.15) is 17.1 Å². The van der Waals surface area contributed by atoms with Gasteiger partial charge in [0, 0.05) is 12.8 Å². The highest BCUT2D eigenvalue weighted by atomic mass is 16.5. The maximum Gasteiger partial charge on any atom is 0.343 e. The van der Waals surface area contributed by atoms with E-state index in [0.717, 1.165) is 42.0 Å². The molecule has 0 N–H and O–H groups in total. The van der Waals surface area contributed by atoms with Crippen LogP contribution in [0.25, 0.3) is 16.8 Å². The minimum atomic E-state index is -0.798. The van der Waals surface area contributed by atoms with Gasteiger partial charge in [0.05, 0.1) is 19.8 Å². The van der Waals surface area contributed by atoms with Crippen LogP contribution in [-0.2, 0) is 4.74 Å². The van der Waals surface area contributed by atoms with E-state index in [1.54, 1.807) is 25.3 Å². The molecule has 170 valence electrons. The van der Waals surface area contributed by atoms with Crippen molar-refractivity contribution in [1.82, 2.24) is 0 Å². The summed E-state index contributed by atoms with van der Waals surface area (Å²) in [6, 6.07) is 19.3. The fourth-order valence-corrected chi connectivity index (χ4v) is 3.79. The molecule has 4 heteroatoms. The SMILES string of the molecule is COc1ccc(OC)c(C(=O)OC2C#CCCCCC#C/C2=C/c2cccc3ccccc23)c1. The third-order valence-corrected chi connectivity index (χ3v) is 5.59. The first-order valence-electron chi connectivity index (χ1n) is 11.3. The maximum atomic E-state index is 13.2. The Morgan fingerprint density at radius 1 is 0.941 bits per heavy atom. The first-order chi connectivity index (χ1) is 16.7. The fraction of sp³-hybridized carbons (Fsp3) is 0.233. The number of carbonyl (C=O) groups excluding carboxylic acids is 1. The average molecular weight is 451 g/mol. The second-order valence-electron chi connectivity index (χ2n) is 7.85. The van der Waals surface area contributed by atoms with Crippen LogP contribution in [0.1, 0.15) is 41.6 Å². The van der Waals surface area contributed by atoms with Gasteiger partial charge in [0.25, 0.3) is 0 Å². The molecule has 1 atom stereocenters. The van der Waals surface area contributed by atoms with Crippen molar-refractivity contribution in [2.24, 2.45) is 0 Å². The standard InChI is InChI=1S/C30H26O4/c1-32-25-18-19-29(33-2)27(21-25)30(31)34-28-17-8-6-4-3-5-7-13-24(28)20-23-15-11-14-22-12-9-10-16-26(22)23/h9-12,14-16,18-21,28H,3-6H2,1-2H3/b24-20-. The van der Waals surface area contributed by atoms with Gasteiger partial charge in [-0.05, 0) is 53.5 Å². The van der Waals surface area contributed by atoms with E-state index in [1.165, 1.54) is 7.11 Å². The molecule has 0 fully saturated rings. The molecule has 4 nitrogen and oxygen atoms in total. The Hall–Kier alpha value is -4.15. The van der Waals surface area contributed by atoms with E-state index in [0.29, 0.717) is 17.1 Å². The van der Waals surface area contributed by atoms with Crippen LogP contribution in [0, 0.1) is 23.7 Å². The van der Waals surface area contributed by atoms with E-state index in [4.69, 9.17) is 14.2 Å². The fourth-order valence-electron chi connectivity index (χ4n) is 3.79. The van der Waals surface area contributed by atoms with E-state index < -0.39 is 12.1 Å². The number of ether oxygens (including phenoxy) is 3. The van der Waals surface area contributed by atoms with Crippen LogP contribution >= 0.6 is 0 Å². The highest BCUT2D eigenvalue weighted by Crippen LogP contribution is 2.27. The Bertz CT molecular complexity index is 1340. The van der Waals surface area contributed by atoms with Crippen molar-refractivity contribution in [2.75, 3.05) is 14.2 Å². The minimum absolute atomic E-state index is 0.276. The van der Waals surface area contributed by atoms with Crippen LogP contribution in [0.4, 0.5) is 0 Å². The number of fused-ring (bicyclic) bond motifs is 1. The summed E-state index contributed by atoms with van der Waals surface area (Å²) in [6.45, 7) is 0. The molecule has 0 radical (unpaired) electrons. The monoisotopic (exact) mass is 450 g/mol. The van der Waals surface area contributed by atoms with E-state index in [2.05, 4.69) is 41.9 Å². The molecular formula is C30H26O4. The molecular weight excluding hydrogens is 424 g/mol. The lowest BCUT2D eigenvalue weighted by atomic mass is 9.99. The largest absolute Gasteiger partial charge is 0.497 e. The number of esters is 1. The molecule has 0 aromatic heterocycles. The van der Waals surface area contributed by atoms with Gasteiger partial charge in [-0.1, -0.05) is 66.1 Å². The minimum Gasteiger partial charge on any atom is -0.497 e. The summed E-state index contributed by atoms with van der Waals surface area (Å²) >= 11 is 0. The second kappa shape index (κ2) is 11.1. The number of rotatable bonds is 5. The van der Waals surface area contributed by atoms with Gasteiger partial charge in [-0.2, -0.15) is 0 Å². The molecule has 0 amide bonds. The maximum absolute atomic E-state index is 13.2. The molecule has 1 aliphatic carbocycles. The van der Waals surface area contributed by atoms with Gasteiger partial charge in [0.2, 0.25) is 0 Å². The third-order valence-electron chi connectivity index (χ3n) is 5.59. The first kappa shape index (κ1) is 23.0. The molecule has 0 saturated carbocycles. The predicted molar refractivity (Wildman–Crippen MR) is 135 cm³/mol. The van der Waals surface area contributed by atoms with Gasteiger partial charge >= 0.3 is 5.97 Å². The summed E-state index contributed by atoms with van der Waals surface area (Å²) in [6.07, 6.45) is 4.65. The van der Waals surface area contributed by atoms with E-state index >= 15 is 0 Å². The number of carbonyl (C=O) groups is 1. The van der Waals surface area contributed by atoms with E-state index in [9.17, 15) is 4.79 Å². The van der Waals surface area contributed by atoms with Crippen LogP contribution in [0.2, 0.25) is 0 Å². The van der Waals surface area contributed by atoms with Crippen LogP contribution < -0.4 is 9.47 Å². The number of benzene rings is 3. The quantitative estimate of drug-likeness (QED) is 0.351. The van der Waals surface area contributed by atoms with Crippen molar-refractivity contribution >= 4 is 22.8 Å². The average Bonchev–Trinajstić information content (AvgIpc) is 2.88. The number of methoxy groups -OCH3 is 2. The molecule has 3 aromatic rings. The topological polar surface area (TPSA) is 44.8 Å². The van der Waals surface area contributed by atoms with Crippen LogP contribution in [-0.4, -0.2) is 26.3 Å². The van der Waals surface area contributed by atoms with Crippen molar-refractivity contribution < 1.29 is 19.0 Å². The summed E-state index contributed by atoms with van der Waals surface area (Å²) in [5.41, 5.74) is 1.93. The normalized spacial score (nSPS) is 16.5. The zero-order chi connectivity index (χ0) is 23.8. The van der Waals surface area contributed by atoms with Crippen molar-refractivity contribution in [2.45, 2.75) is 31.8 Å². The van der Waals surface area contributed by atoms with Crippen LogP contribution in [0.5, 0.6) is 11.5 Å². The molecule has 4 rings (SSSR count). The predicted octanol–water partition coefficient (Wildman–Crippen LogP) is 6.05. The smallest absolute Gasteiger partial charge is 0.343 e. The Kier molecular flexibility index (Phi) is 7.53.